The average molecular weight is 274 g/mol. The van der Waals surface area contributed by atoms with Gasteiger partial charge >= 0.3 is 0 Å². The molecule has 20 heavy (non-hydrogen) atoms. The summed E-state index contributed by atoms with van der Waals surface area (Å²) in [4.78, 5) is 2.56. The van der Waals surface area contributed by atoms with E-state index in [4.69, 9.17) is 4.74 Å². The number of benzene rings is 1. The normalized spacial score (nSPS) is 26.5. The van der Waals surface area contributed by atoms with Crippen LogP contribution in [0, 0.1) is 13.8 Å². The minimum Gasteiger partial charge on any atom is -0.492 e. The summed E-state index contributed by atoms with van der Waals surface area (Å²) < 4.78 is 5.93. The third kappa shape index (κ3) is 3.53. The zero-order valence-corrected chi connectivity index (χ0v) is 12.7. The van der Waals surface area contributed by atoms with E-state index in [1.54, 1.807) is 0 Å². The van der Waals surface area contributed by atoms with Gasteiger partial charge < -0.3 is 10.1 Å². The summed E-state index contributed by atoms with van der Waals surface area (Å²) in [7, 11) is 0. The Balaban J connectivity index is 1.47. The molecule has 2 aliphatic heterocycles. The Bertz CT molecular complexity index is 440. The zero-order valence-electron chi connectivity index (χ0n) is 12.7. The molecule has 0 aromatic heterocycles. The van der Waals surface area contributed by atoms with Crippen molar-refractivity contribution < 1.29 is 4.74 Å². The predicted octanol–water partition coefficient (Wildman–Crippen LogP) is 2.51. The van der Waals surface area contributed by atoms with Gasteiger partial charge in [-0.2, -0.15) is 0 Å². The summed E-state index contributed by atoms with van der Waals surface area (Å²) in [6.07, 6.45) is 4.01. The molecule has 3 nitrogen and oxygen atoms in total. The maximum absolute atomic E-state index is 5.93. The van der Waals surface area contributed by atoms with Crippen molar-refractivity contribution in [3.05, 3.63) is 29.3 Å². The molecule has 0 amide bonds. The van der Waals surface area contributed by atoms with Crippen molar-refractivity contribution in [1.29, 1.82) is 0 Å². The van der Waals surface area contributed by atoms with Crippen molar-refractivity contribution in [3.8, 4) is 5.75 Å². The predicted molar refractivity (Wildman–Crippen MR) is 82.4 cm³/mol. The Morgan fingerprint density at radius 3 is 2.65 bits per heavy atom. The van der Waals surface area contributed by atoms with Crippen LogP contribution in [0.15, 0.2) is 18.2 Å². The molecule has 1 aromatic rings. The second-order valence-electron chi connectivity index (χ2n) is 6.40. The van der Waals surface area contributed by atoms with Crippen LogP contribution in [0.1, 0.15) is 30.4 Å². The first-order chi connectivity index (χ1) is 9.69. The lowest BCUT2D eigenvalue weighted by Gasteiger charge is -2.23. The number of likely N-dealkylation sites (tertiary alicyclic amines) is 1. The van der Waals surface area contributed by atoms with Crippen LogP contribution in [0.5, 0.6) is 5.75 Å². The molecular formula is C17H26N2O. The first kappa shape index (κ1) is 13.9. The summed E-state index contributed by atoms with van der Waals surface area (Å²) >= 11 is 0. The highest BCUT2D eigenvalue weighted by Crippen LogP contribution is 2.20. The minimum atomic E-state index is 0.712. The van der Waals surface area contributed by atoms with Crippen LogP contribution < -0.4 is 10.1 Å². The third-order valence-electron chi connectivity index (χ3n) is 4.48. The third-order valence-corrected chi connectivity index (χ3v) is 4.48. The molecule has 1 N–H and O–H groups in total. The van der Waals surface area contributed by atoms with Crippen LogP contribution in [0.4, 0.5) is 0 Å². The largest absolute Gasteiger partial charge is 0.492 e. The Morgan fingerprint density at radius 2 is 1.85 bits per heavy atom. The summed E-state index contributed by atoms with van der Waals surface area (Å²) in [6, 6.07) is 7.91. The smallest absolute Gasteiger partial charge is 0.119 e. The van der Waals surface area contributed by atoms with Crippen molar-refractivity contribution in [3.63, 3.8) is 0 Å². The summed E-state index contributed by atoms with van der Waals surface area (Å²) in [5.41, 5.74) is 2.55. The highest BCUT2D eigenvalue weighted by Gasteiger charge is 2.28. The lowest BCUT2D eigenvalue weighted by atomic mass is 10.1. The van der Waals surface area contributed by atoms with E-state index < -0.39 is 0 Å². The van der Waals surface area contributed by atoms with Crippen molar-refractivity contribution in [2.24, 2.45) is 0 Å². The Labute approximate surface area is 122 Å². The Hall–Kier alpha value is -1.06. The van der Waals surface area contributed by atoms with Crippen molar-refractivity contribution in [2.75, 3.05) is 26.2 Å². The Morgan fingerprint density at radius 1 is 1.10 bits per heavy atom. The van der Waals surface area contributed by atoms with Crippen LogP contribution in [-0.2, 0) is 0 Å². The highest BCUT2D eigenvalue weighted by molar-refractivity contribution is 5.32. The van der Waals surface area contributed by atoms with E-state index in [1.807, 2.05) is 0 Å². The number of hydrogen-bond acceptors (Lipinski definition) is 3. The fourth-order valence-corrected chi connectivity index (χ4v) is 3.53. The topological polar surface area (TPSA) is 24.5 Å². The number of nitrogens with one attached hydrogen (secondary N) is 1. The monoisotopic (exact) mass is 274 g/mol. The molecule has 3 heteroatoms. The van der Waals surface area contributed by atoms with Crippen LogP contribution in [-0.4, -0.2) is 43.2 Å². The summed E-state index contributed by atoms with van der Waals surface area (Å²) in [5.74, 6) is 1.01. The SMILES string of the molecule is Cc1cc(C)cc(OCCN2CCC3CCC(C2)N3)c1. The van der Waals surface area contributed by atoms with E-state index in [9.17, 15) is 0 Å². The van der Waals surface area contributed by atoms with Gasteiger partial charge in [-0.15, -0.1) is 0 Å². The van der Waals surface area contributed by atoms with Crippen LogP contribution in [0.3, 0.4) is 0 Å². The highest BCUT2D eigenvalue weighted by atomic mass is 16.5. The number of fused-ring (bicyclic) bond motifs is 2. The molecule has 0 aliphatic carbocycles. The van der Waals surface area contributed by atoms with Crippen molar-refractivity contribution in [1.82, 2.24) is 10.2 Å². The molecule has 2 aliphatic rings. The Kier molecular flexibility index (Phi) is 4.27. The van der Waals surface area contributed by atoms with E-state index in [1.165, 1.54) is 43.5 Å². The quantitative estimate of drug-likeness (QED) is 0.913. The van der Waals surface area contributed by atoms with Gasteiger partial charge in [0.1, 0.15) is 12.4 Å². The first-order valence-electron chi connectivity index (χ1n) is 7.88. The standard InChI is InChI=1S/C17H26N2O/c1-13-9-14(2)11-17(10-13)20-8-7-19-6-5-15-3-4-16(12-19)18-15/h9-11,15-16,18H,3-8,12H2,1-2H3. The van der Waals surface area contributed by atoms with Crippen LogP contribution >= 0.6 is 0 Å². The fraction of sp³-hybridized carbons (Fsp3) is 0.647. The van der Waals surface area contributed by atoms with Gasteiger partial charge in [0.25, 0.3) is 0 Å². The van der Waals surface area contributed by atoms with Gasteiger partial charge in [-0.05, 0) is 62.9 Å². The fourth-order valence-electron chi connectivity index (χ4n) is 3.53. The molecular weight excluding hydrogens is 248 g/mol. The number of rotatable bonds is 4. The molecule has 1 aromatic carbocycles. The molecule has 0 spiro atoms. The van der Waals surface area contributed by atoms with E-state index in [2.05, 4.69) is 42.3 Å². The van der Waals surface area contributed by atoms with E-state index in [0.29, 0.717) is 6.04 Å². The van der Waals surface area contributed by atoms with Gasteiger partial charge in [-0.3, -0.25) is 4.90 Å². The number of aryl methyl sites for hydroxylation is 2. The van der Waals surface area contributed by atoms with Gasteiger partial charge in [-0.1, -0.05) is 6.07 Å². The molecule has 110 valence electrons. The first-order valence-corrected chi connectivity index (χ1v) is 7.88. The van der Waals surface area contributed by atoms with Crippen LogP contribution in [0.25, 0.3) is 0 Å². The van der Waals surface area contributed by atoms with Crippen molar-refractivity contribution >= 4 is 0 Å². The maximum Gasteiger partial charge on any atom is 0.119 e. The summed E-state index contributed by atoms with van der Waals surface area (Å²) in [6.45, 7) is 8.48. The van der Waals surface area contributed by atoms with E-state index in [-0.39, 0.29) is 0 Å². The maximum atomic E-state index is 5.93. The van der Waals surface area contributed by atoms with Gasteiger partial charge in [0, 0.05) is 25.2 Å². The molecule has 2 fully saturated rings. The van der Waals surface area contributed by atoms with Gasteiger partial charge in [0.2, 0.25) is 0 Å². The zero-order chi connectivity index (χ0) is 13.9. The molecule has 0 radical (unpaired) electrons. The van der Waals surface area contributed by atoms with Crippen LogP contribution in [0.2, 0.25) is 0 Å². The van der Waals surface area contributed by atoms with Gasteiger partial charge in [-0.25, -0.2) is 0 Å². The second-order valence-corrected chi connectivity index (χ2v) is 6.40. The molecule has 3 rings (SSSR count). The lowest BCUT2D eigenvalue weighted by molar-refractivity contribution is 0.201. The van der Waals surface area contributed by atoms with E-state index >= 15 is 0 Å². The minimum absolute atomic E-state index is 0.712. The molecule has 2 bridgehead atoms. The molecule has 2 heterocycles. The lowest BCUT2D eigenvalue weighted by Crippen LogP contribution is -2.37. The van der Waals surface area contributed by atoms with Gasteiger partial charge in [0.15, 0.2) is 0 Å². The van der Waals surface area contributed by atoms with E-state index in [0.717, 1.165) is 24.9 Å². The summed E-state index contributed by atoms with van der Waals surface area (Å²) in [5, 5.41) is 3.72. The van der Waals surface area contributed by atoms with Crippen molar-refractivity contribution in [2.45, 2.75) is 45.2 Å². The molecule has 0 saturated carbocycles. The molecule has 2 atom stereocenters. The molecule has 2 unspecified atom stereocenters. The second kappa shape index (κ2) is 6.15. The average Bonchev–Trinajstić information content (AvgIpc) is 2.71. The van der Waals surface area contributed by atoms with Gasteiger partial charge in [0.05, 0.1) is 0 Å². The number of ether oxygens (including phenoxy) is 1. The molecule has 2 saturated heterocycles. The number of hydrogen-bond donors (Lipinski definition) is 1. The number of nitrogens with zero attached hydrogens (tertiary/aromatic N) is 1.